The number of carbonyl (C=O) groups excluding carboxylic acids is 1. The Bertz CT molecular complexity index is 1350. The van der Waals surface area contributed by atoms with Gasteiger partial charge >= 0.3 is 0 Å². The van der Waals surface area contributed by atoms with Crippen molar-refractivity contribution in [3.63, 3.8) is 0 Å². The summed E-state index contributed by atoms with van der Waals surface area (Å²) in [6.45, 7) is 9.88. The second-order valence-electron chi connectivity index (χ2n) is 10.8. The fourth-order valence-electron chi connectivity index (χ4n) is 5.17. The summed E-state index contributed by atoms with van der Waals surface area (Å²) < 4.78 is 35.5. The molecule has 3 N–H and O–H groups in total. The molecule has 2 heterocycles. The number of allylic oxidation sites excluding steroid dienone is 1. The number of fused-ring (bicyclic) bond motifs is 1. The van der Waals surface area contributed by atoms with Crippen molar-refractivity contribution in [1.29, 1.82) is 0 Å². The molecule has 1 saturated carbocycles. The van der Waals surface area contributed by atoms with Gasteiger partial charge in [-0.2, -0.15) is 10.2 Å². The Kier molecular flexibility index (Phi) is 9.82. The number of ether oxygens (including phenoxy) is 1. The topological polar surface area (TPSA) is 110 Å². The normalized spacial score (nSPS) is 17.4. The standard InChI is InChI=1S/C30H39F2N7O2/c1-5-26(39(34-4)20(2)3)29(40)37-28(22-11-13-30(31,32)14-12-22)25-17-38-27(36-25)15-23(16-35-38)24(33)19-41-18-21-9-7-6-8-10-21/h5-10,15-17,20,22,24,28H,4,11-14,18-19,33H2,1-3H3,(H,37,40)/b26-5-/t24?,28-/m0/s1. The van der Waals surface area contributed by atoms with E-state index in [1.165, 1.54) is 5.01 Å². The maximum atomic E-state index is 14.0. The van der Waals surface area contributed by atoms with E-state index in [-0.39, 0.29) is 43.6 Å². The number of nitrogens with zero attached hydrogens (tertiary/aromatic N) is 5. The summed E-state index contributed by atoms with van der Waals surface area (Å²) >= 11 is 0. The zero-order chi connectivity index (χ0) is 29.6. The quantitative estimate of drug-likeness (QED) is 0.178. The lowest BCUT2D eigenvalue weighted by Crippen LogP contribution is -2.41. The van der Waals surface area contributed by atoms with E-state index in [9.17, 15) is 13.6 Å². The first kappa shape index (κ1) is 30.3. The summed E-state index contributed by atoms with van der Waals surface area (Å²) in [6, 6.07) is 10.6. The molecular formula is C30H39F2N7O2. The van der Waals surface area contributed by atoms with Gasteiger partial charge in [0.25, 0.3) is 5.91 Å². The van der Waals surface area contributed by atoms with Gasteiger partial charge in [0.15, 0.2) is 5.65 Å². The molecule has 1 aliphatic rings. The largest absolute Gasteiger partial charge is 0.375 e. The predicted molar refractivity (Wildman–Crippen MR) is 154 cm³/mol. The van der Waals surface area contributed by atoms with Crippen molar-refractivity contribution in [2.24, 2.45) is 16.8 Å². The van der Waals surface area contributed by atoms with Gasteiger partial charge in [0, 0.05) is 25.6 Å². The Labute approximate surface area is 239 Å². The molecular weight excluding hydrogens is 528 g/mol. The molecule has 11 heteroatoms. The molecule has 1 aliphatic carbocycles. The highest BCUT2D eigenvalue weighted by Crippen LogP contribution is 2.41. The van der Waals surface area contributed by atoms with Gasteiger partial charge in [-0.15, -0.1) is 0 Å². The van der Waals surface area contributed by atoms with Crippen LogP contribution < -0.4 is 11.1 Å². The van der Waals surface area contributed by atoms with Crippen LogP contribution in [0.1, 0.15) is 75.4 Å². The highest BCUT2D eigenvalue weighted by molar-refractivity contribution is 5.93. The van der Waals surface area contributed by atoms with Gasteiger partial charge in [0.2, 0.25) is 5.92 Å². The van der Waals surface area contributed by atoms with E-state index < -0.39 is 18.0 Å². The average Bonchev–Trinajstić information content (AvgIpc) is 3.38. The number of amides is 1. The number of rotatable bonds is 12. The number of carbonyl (C=O) groups is 1. The van der Waals surface area contributed by atoms with Crippen LogP contribution in [-0.4, -0.2) is 50.8 Å². The summed E-state index contributed by atoms with van der Waals surface area (Å²) in [5.41, 5.74) is 9.61. The van der Waals surface area contributed by atoms with Gasteiger partial charge in [-0.1, -0.05) is 36.4 Å². The number of aromatic nitrogens is 3. The number of imidazole rings is 1. The molecule has 4 rings (SSSR count). The van der Waals surface area contributed by atoms with Crippen LogP contribution >= 0.6 is 0 Å². The second kappa shape index (κ2) is 13.3. The van der Waals surface area contributed by atoms with E-state index in [0.29, 0.717) is 30.3 Å². The van der Waals surface area contributed by atoms with E-state index in [2.05, 4.69) is 22.2 Å². The minimum Gasteiger partial charge on any atom is -0.375 e. The summed E-state index contributed by atoms with van der Waals surface area (Å²) in [4.78, 5) is 18.2. The van der Waals surface area contributed by atoms with Gasteiger partial charge < -0.3 is 15.8 Å². The predicted octanol–water partition coefficient (Wildman–Crippen LogP) is 5.16. The molecule has 0 aliphatic heterocycles. The van der Waals surface area contributed by atoms with Crippen molar-refractivity contribution in [1.82, 2.24) is 24.9 Å². The number of nitrogens with two attached hydrogens (primary N) is 1. The van der Waals surface area contributed by atoms with Crippen LogP contribution in [0.25, 0.3) is 5.65 Å². The molecule has 2 aromatic heterocycles. The number of hydrogen-bond donors (Lipinski definition) is 2. The fraction of sp³-hybridized carbons (Fsp3) is 0.467. The van der Waals surface area contributed by atoms with Crippen LogP contribution in [0.2, 0.25) is 0 Å². The third-order valence-electron chi connectivity index (χ3n) is 7.43. The molecule has 220 valence electrons. The van der Waals surface area contributed by atoms with Crippen molar-refractivity contribution < 1.29 is 18.3 Å². The minimum absolute atomic E-state index is 0.102. The minimum atomic E-state index is -2.70. The molecule has 2 atom stereocenters. The number of halogens is 2. The Morgan fingerprint density at radius 3 is 2.66 bits per heavy atom. The number of nitrogens with one attached hydrogen (secondary N) is 1. The average molecular weight is 568 g/mol. The number of benzene rings is 1. The number of hydrazone groups is 1. The van der Waals surface area contributed by atoms with Crippen LogP contribution in [0.15, 0.2) is 65.7 Å². The third kappa shape index (κ3) is 7.53. The molecule has 41 heavy (non-hydrogen) atoms. The van der Waals surface area contributed by atoms with Gasteiger partial charge in [-0.3, -0.25) is 9.80 Å². The van der Waals surface area contributed by atoms with Gasteiger partial charge in [0.05, 0.1) is 43.4 Å². The maximum Gasteiger partial charge on any atom is 0.269 e. The molecule has 0 radical (unpaired) electrons. The van der Waals surface area contributed by atoms with Crippen molar-refractivity contribution in [3.05, 3.63) is 77.4 Å². The Hall–Kier alpha value is -3.70. The highest BCUT2D eigenvalue weighted by atomic mass is 19.3. The summed E-state index contributed by atoms with van der Waals surface area (Å²) in [6.07, 6.45) is 5.10. The lowest BCUT2D eigenvalue weighted by molar-refractivity contribution is -0.120. The van der Waals surface area contributed by atoms with Crippen LogP contribution in [-0.2, 0) is 16.1 Å². The summed E-state index contributed by atoms with van der Waals surface area (Å²) in [5, 5.41) is 13.1. The molecule has 3 aromatic rings. The summed E-state index contributed by atoms with van der Waals surface area (Å²) in [5.74, 6) is -3.30. The number of hydrogen-bond acceptors (Lipinski definition) is 7. The van der Waals surface area contributed by atoms with Crippen LogP contribution in [0, 0.1) is 5.92 Å². The SMILES string of the molecule is C=NN(/C(=C\C)C(=O)N[C@H](c1cn2ncc(C(N)COCc3ccccc3)cc2n1)C1CCC(F)(F)CC1)C(C)C. The van der Waals surface area contributed by atoms with Crippen LogP contribution in [0.3, 0.4) is 0 Å². The molecule has 0 spiro atoms. The van der Waals surface area contributed by atoms with Gasteiger partial charge in [-0.25, -0.2) is 18.3 Å². The zero-order valence-corrected chi connectivity index (χ0v) is 23.8. The highest BCUT2D eigenvalue weighted by Gasteiger charge is 2.39. The third-order valence-corrected chi connectivity index (χ3v) is 7.43. The maximum absolute atomic E-state index is 14.0. The lowest BCUT2D eigenvalue weighted by Gasteiger charge is -2.34. The van der Waals surface area contributed by atoms with Crippen molar-refractivity contribution >= 4 is 18.3 Å². The monoisotopic (exact) mass is 567 g/mol. The first-order chi connectivity index (χ1) is 19.6. The molecule has 1 unspecified atom stereocenters. The summed E-state index contributed by atoms with van der Waals surface area (Å²) in [7, 11) is 0. The van der Waals surface area contributed by atoms with E-state index in [0.717, 1.165) is 11.1 Å². The van der Waals surface area contributed by atoms with E-state index in [4.69, 9.17) is 15.5 Å². The molecule has 0 bridgehead atoms. The lowest BCUT2D eigenvalue weighted by atomic mass is 9.81. The van der Waals surface area contributed by atoms with Crippen molar-refractivity contribution in [3.8, 4) is 0 Å². The fourth-order valence-corrected chi connectivity index (χ4v) is 5.17. The molecule has 1 amide bonds. The van der Waals surface area contributed by atoms with Gasteiger partial charge in [-0.05, 0) is 56.7 Å². The first-order valence-corrected chi connectivity index (χ1v) is 13.9. The van der Waals surface area contributed by atoms with Crippen molar-refractivity contribution in [2.75, 3.05) is 6.61 Å². The van der Waals surface area contributed by atoms with Crippen LogP contribution in [0.4, 0.5) is 8.78 Å². The molecule has 9 nitrogen and oxygen atoms in total. The second-order valence-corrected chi connectivity index (χ2v) is 10.8. The van der Waals surface area contributed by atoms with E-state index >= 15 is 0 Å². The molecule has 1 aromatic carbocycles. The van der Waals surface area contributed by atoms with E-state index in [1.807, 2.05) is 50.2 Å². The smallest absolute Gasteiger partial charge is 0.269 e. The van der Waals surface area contributed by atoms with Crippen molar-refractivity contribution in [2.45, 2.75) is 77.1 Å². The Morgan fingerprint density at radius 1 is 1.32 bits per heavy atom. The zero-order valence-electron chi connectivity index (χ0n) is 23.8. The van der Waals surface area contributed by atoms with Gasteiger partial charge in [0.1, 0.15) is 5.70 Å². The molecule has 0 saturated heterocycles. The van der Waals surface area contributed by atoms with Crippen LogP contribution in [0.5, 0.6) is 0 Å². The van der Waals surface area contributed by atoms with E-state index in [1.54, 1.807) is 29.9 Å². The molecule has 1 fully saturated rings. The Balaban J connectivity index is 1.55. The first-order valence-electron chi connectivity index (χ1n) is 13.9. The Morgan fingerprint density at radius 2 is 2.02 bits per heavy atom. The number of alkyl halides is 2.